The van der Waals surface area contributed by atoms with Crippen LogP contribution in [0.2, 0.25) is 0 Å². The molecule has 4 heterocycles. The maximum Gasteiger partial charge on any atom is 0.164 e. The molecule has 0 N–H and O–H groups in total. The fourth-order valence-electron chi connectivity index (χ4n) is 9.68. The molecule has 0 aliphatic rings. The molecule has 13 aromatic rings. The molecule has 0 unspecified atom stereocenters. The Balaban J connectivity index is 0.988. The molecule has 4 aromatic heterocycles. The lowest BCUT2D eigenvalue weighted by molar-refractivity contribution is 1.07. The molecule has 0 radical (unpaired) electrons. The molecule has 0 amide bonds. The van der Waals surface area contributed by atoms with Gasteiger partial charge in [0.25, 0.3) is 0 Å². The van der Waals surface area contributed by atoms with E-state index in [9.17, 15) is 0 Å². The monoisotopic (exact) mass is 804 g/mol. The Kier molecular flexibility index (Phi) is 7.80. The van der Waals surface area contributed by atoms with E-state index >= 15 is 0 Å². The highest BCUT2D eigenvalue weighted by Gasteiger charge is 2.20. The van der Waals surface area contributed by atoms with Gasteiger partial charge >= 0.3 is 0 Å². The van der Waals surface area contributed by atoms with Crippen LogP contribution in [-0.4, -0.2) is 28.7 Å². The third-order valence-corrected chi connectivity index (χ3v) is 12.5. The van der Waals surface area contributed by atoms with Gasteiger partial charge in [-0.2, -0.15) is 0 Å². The lowest BCUT2D eigenvalue weighted by Gasteiger charge is -2.13. The summed E-state index contributed by atoms with van der Waals surface area (Å²) in [6.45, 7) is 0. The molecule has 0 aliphatic carbocycles. The number of hydrogen-bond donors (Lipinski definition) is 0. The minimum Gasteiger partial charge on any atom is -0.309 e. The van der Waals surface area contributed by atoms with Gasteiger partial charge in [-0.1, -0.05) is 152 Å². The standard InChI is InChI=1S/C57H36N6/c1-3-16-37(17-4-1)55-58-56(38-18-5-2-6-19-38)60-57(59-55)39-20-15-21-40(34-39)61-52-29-14-10-25-46(52)48-35-41(31-33-53(48)61)63-51-28-13-9-24-45(51)47-32-30-42(36-54(47)63)62-49-26-11-7-22-43(49)44-23-8-12-27-50(44)62/h1-36H. The fourth-order valence-corrected chi connectivity index (χ4v) is 9.68. The molecule has 6 nitrogen and oxygen atoms in total. The van der Waals surface area contributed by atoms with Crippen molar-refractivity contribution in [3.8, 4) is 51.2 Å². The van der Waals surface area contributed by atoms with Crippen molar-refractivity contribution in [2.24, 2.45) is 0 Å². The van der Waals surface area contributed by atoms with Gasteiger partial charge in [0, 0.05) is 66.1 Å². The summed E-state index contributed by atoms with van der Waals surface area (Å²) in [5, 5.41) is 7.32. The second-order valence-electron chi connectivity index (χ2n) is 16.1. The molecular weight excluding hydrogens is 769 g/mol. The van der Waals surface area contributed by atoms with Crippen LogP contribution in [-0.2, 0) is 0 Å². The zero-order chi connectivity index (χ0) is 41.4. The summed E-state index contributed by atoms with van der Waals surface area (Å²) in [5.74, 6) is 1.90. The van der Waals surface area contributed by atoms with Gasteiger partial charge in [-0.15, -0.1) is 0 Å². The zero-order valence-corrected chi connectivity index (χ0v) is 34.0. The molecule has 13 rings (SSSR count). The average Bonchev–Trinajstić information content (AvgIpc) is 3.99. The van der Waals surface area contributed by atoms with Crippen LogP contribution >= 0.6 is 0 Å². The first-order valence-electron chi connectivity index (χ1n) is 21.3. The Bertz CT molecular complexity index is 3800. The molecule has 6 heteroatoms. The summed E-state index contributed by atoms with van der Waals surface area (Å²) >= 11 is 0. The average molecular weight is 805 g/mol. The van der Waals surface area contributed by atoms with Crippen molar-refractivity contribution in [3.05, 3.63) is 218 Å². The Morgan fingerprint density at radius 3 is 1.13 bits per heavy atom. The van der Waals surface area contributed by atoms with Gasteiger partial charge in [-0.05, 0) is 66.7 Å². The van der Waals surface area contributed by atoms with Crippen molar-refractivity contribution in [2.75, 3.05) is 0 Å². The largest absolute Gasteiger partial charge is 0.309 e. The molecule has 63 heavy (non-hydrogen) atoms. The zero-order valence-electron chi connectivity index (χ0n) is 34.0. The minimum absolute atomic E-state index is 0.624. The Morgan fingerprint density at radius 2 is 0.587 bits per heavy atom. The van der Waals surface area contributed by atoms with Crippen LogP contribution in [0.25, 0.3) is 117 Å². The number of rotatable bonds is 6. The van der Waals surface area contributed by atoms with Gasteiger partial charge in [0.05, 0.1) is 33.1 Å². The van der Waals surface area contributed by atoms with Crippen molar-refractivity contribution in [3.63, 3.8) is 0 Å². The number of hydrogen-bond acceptors (Lipinski definition) is 3. The molecule has 0 saturated heterocycles. The molecule has 0 fully saturated rings. The van der Waals surface area contributed by atoms with Crippen molar-refractivity contribution in [1.29, 1.82) is 0 Å². The van der Waals surface area contributed by atoms with Crippen LogP contribution in [0, 0.1) is 0 Å². The first-order valence-corrected chi connectivity index (χ1v) is 21.3. The molecule has 0 bridgehead atoms. The van der Waals surface area contributed by atoms with E-state index in [0.717, 1.165) is 50.3 Å². The normalized spacial score (nSPS) is 11.8. The van der Waals surface area contributed by atoms with Crippen LogP contribution in [0.15, 0.2) is 218 Å². The SMILES string of the molecule is c1ccc(-c2nc(-c3ccccc3)nc(-c3cccc(-n4c5ccccc5c5cc(-n6c7ccccc7c7ccc(-n8c9ccccc9c9ccccc98)cc76)ccc54)c3)n2)cc1. The van der Waals surface area contributed by atoms with Crippen LogP contribution in [0.1, 0.15) is 0 Å². The molecule has 0 aliphatic heterocycles. The van der Waals surface area contributed by atoms with E-state index in [1.165, 1.54) is 48.9 Å². The highest BCUT2D eigenvalue weighted by atomic mass is 15.0. The fraction of sp³-hybridized carbons (Fsp3) is 0. The van der Waals surface area contributed by atoms with Crippen LogP contribution < -0.4 is 0 Å². The first kappa shape index (κ1) is 35.2. The Labute approximate surface area is 362 Å². The van der Waals surface area contributed by atoms with Gasteiger partial charge in [-0.3, -0.25) is 0 Å². The maximum atomic E-state index is 5.05. The minimum atomic E-state index is 0.624. The van der Waals surface area contributed by atoms with Gasteiger partial charge in [0.1, 0.15) is 0 Å². The Morgan fingerprint density at radius 1 is 0.222 bits per heavy atom. The third kappa shape index (κ3) is 5.55. The van der Waals surface area contributed by atoms with E-state index < -0.39 is 0 Å². The van der Waals surface area contributed by atoms with Crippen molar-refractivity contribution < 1.29 is 0 Å². The van der Waals surface area contributed by atoms with E-state index in [4.69, 9.17) is 15.0 Å². The summed E-state index contributed by atoms with van der Waals surface area (Å²) in [7, 11) is 0. The number of aromatic nitrogens is 6. The second kappa shape index (κ2) is 14.0. The van der Waals surface area contributed by atoms with Crippen molar-refractivity contribution in [1.82, 2.24) is 28.7 Å². The van der Waals surface area contributed by atoms with E-state index in [2.05, 4.69) is 171 Å². The van der Waals surface area contributed by atoms with E-state index in [-0.39, 0.29) is 0 Å². The quantitative estimate of drug-likeness (QED) is 0.168. The van der Waals surface area contributed by atoms with Gasteiger partial charge in [0.15, 0.2) is 17.5 Å². The lowest BCUT2D eigenvalue weighted by atomic mass is 10.1. The third-order valence-electron chi connectivity index (χ3n) is 12.5. The van der Waals surface area contributed by atoms with Gasteiger partial charge in [0.2, 0.25) is 0 Å². The molecule has 0 spiro atoms. The topological polar surface area (TPSA) is 53.5 Å². The highest BCUT2D eigenvalue weighted by molar-refractivity contribution is 6.13. The van der Waals surface area contributed by atoms with Gasteiger partial charge in [-0.25, -0.2) is 15.0 Å². The van der Waals surface area contributed by atoms with Crippen molar-refractivity contribution in [2.45, 2.75) is 0 Å². The van der Waals surface area contributed by atoms with E-state index in [0.29, 0.717) is 17.5 Å². The maximum absolute atomic E-state index is 5.05. The van der Waals surface area contributed by atoms with Gasteiger partial charge < -0.3 is 13.7 Å². The Hall–Kier alpha value is -8.61. The first-order chi connectivity index (χ1) is 31.2. The summed E-state index contributed by atoms with van der Waals surface area (Å²) in [5.41, 5.74) is 13.0. The van der Waals surface area contributed by atoms with Crippen molar-refractivity contribution >= 4 is 65.4 Å². The van der Waals surface area contributed by atoms with Crippen LogP contribution in [0.4, 0.5) is 0 Å². The number of nitrogens with zero attached hydrogens (tertiary/aromatic N) is 6. The smallest absolute Gasteiger partial charge is 0.164 e. The predicted molar refractivity (Wildman–Crippen MR) is 259 cm³/mol. The summed E-state index contributed by atoms with van der Waals surface area (Å²) in [6.07, 6.45) is 0. The van der Waals surface area contributed by atoms with E-state index in [1.54, 1.807) is 0 Å². The number of fused-ring (bicyclic) bond motifs is 9. The molecule has 0 saturated carbocycles. The number of para-hydroxylation sites is 4. The highest BCUT2D eigenvalue weighted by Crippen LogP contribution is 2.39. The van der Waals surface area contributed by atoms with E-state index in [1.807, 2.05) is 60.7 Å². The molecule has 294 valence electrons. The molecule has 9 aromatic carbocycles. The van der Waals surface area contributed by atoms with Crippen LogP contribution in [0.3, 0.4) is 0 Å². The molecule has 0 atom stereocenters. The summed E-state index contributed by atoms with van der Waals surface area (Å²) in [6, 6.07) is 77.5. The lowest BCUT2D eigenvalue weighted by Crippen LogP contribution is -2.01. The summed E-state index contributed by atoms with van der Waals surface area (Å²) in [4.78, 5) is 15.0. The predicted octanol–water partition coefficient (Wildman–Crippen LogP) is 14.2. The second-order valence-corrected chi connectivity index (χ2v) is 16.1. The van der Waals surface area contributed by atoms with Crippen LogP contribution in [0.5, 0.6) is 0 Å². The summed E-state index contributed by atoms with van der Waals surface area (Å²) < 4.78 is 7.20. The number of benzene rings is 9. The molecular formula is C57H36N6.